The first-order chi connectivity index (χ1) is 19.1. The summed E-state index contributed by atoms with van der Waals surface area (Å²) in [5.41, 5.74) is 5.11. The monoisotopic (exact) mass is 516 g/mol. The molecule has 2 aromatic heterocycles. The van der Waals surface area contributed by atoms with Crippen molar-refractivity contribution in [1.29, 1.82) is 5.26 Å². The molecule has 6 rings (SSSR count). The number of nitriles is 1. The molecule has 194 valence electrons. The highest BCUT2D eigenvalue weighted by Gasteiger charge is 2.35. The average Bonchev–Trinajstić information content (AvgIpc) is 3.33. The Kier molecular flexibility index (Phi) is 6.68. The van der Waals surface area contributed by atoms with E-state index in [4.69, 9.17) is 14.7 Å². The molecule has 1 fully saturated rings. The molecule has 0 unspecified atom stereocenters. The minimum atomic E-state index is -0.761. The number of carbonyl (C=O) groups is 1. The van der Waals surface area contributed by atoms with Gasteiger partial charge in [0.1, 0.15) is 18.2 Å². The number of aliphatic carboxylic acids is 1. The number of aromatic nitrogens is 3. The van der Waals surface area contributed by atoms with Gasteiger partial charge in [-0.25, -0.2) is 9.97 Å². The van der Waals surface area contributed by atoms with Crippen LogP contribution in [0.2, 0.25) is 0 Å². The van der Waals surface area contributed by atoms with E-state index in [0.29, 0.717) is 30.9 Å². The average molecular weight is 517 g/mol. The highest BCUT2D eigenvalue weighted by atomic mass is 16.5. The van der Waals surface area contributed by atoms with Gasteiger partial charge in [-0.3, -0.25) is 4.79 Å². The van der Waals surface area contributed by atoms with Crippen molar-refractivity contribution in [2.24, 2.45) is 5.92 Å². The van der Waals surface area contributed by atoms with E-state index in [1.807, 2.05) is 78.9 Å². The zero-order valence-electron chi connectivity index (χ0n) is 21.5. The number of hydrogen-bond donors (Lipinski definition) is 1. The van der Waals surface area contributed by atoms with Crippen molar-refractivity contribution in [1.82, 2.24) is 14.5 Å². The molecule has 1 N–H and O–H groups in total. The van der Waals surface area contributed by atoms with Crippen LogP contribution in [0.25, 0.3) is 21.9 Å². The maximum atomic E-state index is 12.2. The number of carboxylic acid groups (broad SMARTS) is 1. The van der Waals surface area contributed by atoms with Gasteiger partial charge in [0.05, 0.1) is 39.8 Å². The number of ether oxygens (including phenoxy) is 1. The molecule has 39 heavy (non-hydrogen) atoms. The first-order valence-electron chi connectivity index (χ1n) is 13.3. The number of hydrogen-bond acceptors (Lipinski definition) is 5. The van der Waals surface area contributed by atoms with Gasteiger partial charge in [0.15, 0.2) is 0 Å². The molecule has 1 aliphatic rings. The molecule has 2 atom stereocenters. The zero-order chi connectivity index (χ0) is 26.8. The summed E-state index contributed by atoms with van der Waals surface area (Å²) in [5.74, 6) is 0.113. The lowest BCUT2D eigenvalue weighted by Crippen LogP contribution is -2.27. The van der Waals surface area contributed by atoms with E-state index in [9.17, 15) is 15.2 Å². The molecule has 2 heterocycles. The quantitative estimate of drug-likeness (QED) is 0.267. The van der Waals surface area contributed by atoms with Crippen molar-refractivity contribution in [2.45, 2.75) is 44.8 Å². The molecule has 0 saturated heterocycles. The fourth-order valence-corrected chi connectivity index (χ4v) is 5.62. The van der Waals surface area contributed by atoms with E-state index in [1.54, 1.807) is 0 Å². The third-order valence-corrected chi connectivity index (χ3v) is 7.63. The molecule has 1 saturated carbocycles. The molecule has 0 radical (unpaired) electrons. The minimum Gasteiger partial charge on any atom is -0.487 e. The molecule has 0 spiro atoms. The fraction of sp³-hybridized carbons (Fsp3) is 0.250. The van der Waals surface area contributed by atoms with E-state index < -0.39 is 11.9 Å². The lowest BCUT2D eigenvalue weighted by atomic mass is 9.78. The summed E-state index contributed by atoms with van der Waals surface area (Å²) in [5, 5.41) is 20.2. The topological polar surface area (TPSA) is 101 Å². The summed E-state index contributed by atoms with van der Waals surface area (Å²) < 4.78 is 8.25. The van der Waals surface area contributed by atoms with E-state index in [0.717, 1.165) is 58.3 Å². The zero-order valence-corrected chi connectivity index (χ0v) is 21.5. The highest BCUT2D eigenvalue weighted by molar-refractivity contribution is 5.79. The number of fused-ring (bicyclic) bond motifs is 2. The first-order valence-corrected chi connectivity index (χ1v) is 13.3. The Hall–Kier alpha value is -4.70. The summed E-state index contributed by atoms with van der Waals surface area (Å²) >= 11 is 0. The van der Waals surface area contributed by atoms with Gasteiger partial charge in [-0.2, -0.15) is 5.26 Å². The Bertz CT molecular complexity index is 1700. The van der Waals surface area contributed by atoms with Crippen LogP contribution in [0.4, 0.5) is 0 Å². The molecular weight excluding hydrogens is 488 g/mol. The molecule has 0 amide bonds. The molecule has 7 nitrogen and oxygen atoms in total. The Morgan fingerprint density at radius 2 is 1.79 bits per heavy atom. The molecule has 0 bridgehead atoms. The van der Waals surface area contributed by atoms with Crippen molar-refractivity contribution in [3.8, 4) is 11.8 Å². The first kappa shape index (κ1) is 24.6. The molecule has 0 aliphatic heterocycles. The third kappa shape index (κ3) is 5.06. The SMILES string of the molecule is N#Cc1ccc(Cn2c([C@@H]3CCCC[C@@H]3C(=O)O)nc3cc(OCc4ccc5ccccc5n4)ccc32)cc1. The number of para-hydroxylation sites is 1. The van der Waals surface area contributed by atoms with Gasteiger partial charge in [-0.05, 0) is 54.8 Å². The van der Waals surface area contributed by atoms with Gasteiger partial charge in [0.25, 0.3) is 0 Å². The van der Waals surface area contributed by atoms with Crippen LogP contribution in [-0.2, 0) is 17.9 Å². The molecule has 5 aromatic rings. The summed E-state index contributed by atoms with van der Waals surface area (Å²) in [6.07, 6.45) is 3.36. The smallest absolute Gasteiger partial charge is 0.307 e. The lowest BCUT2D eigenvalue weighted by Gasteiger charge is -2.28. The number of carboxylic acids is 1. The van der Waals surface area contributed by atoms with Gasteiger partial charge in [-0.15, -0.1) is 0 Å². The summed E-state index contributed by atoms with van der Waals surface area (Å²) in [6.45, 7) is 0.875. The predicted octanol–water partition coefficient (Wildman–Crippen LogP) is 6.44. The second-order valence-electron chi connectivity index (χ2n) is 10.1. The number of imidazole rings is 1. The van der Waals surface area contributed by atoms with E-state index >= 15 is 0 Å². The van der Waals surface area contributed by atoms with Crippen LogP contribution in [0, 0.1) is 17.2 Å². The summed E-state index contributed by atoms with van der Waals surface area (Å²) in [7, 11) is 0. The van der Waals surface area contributed by atoms with Gasteiger partial charge in [-0.1, -0.05) is 49.2 Å². The van der Waals surface area contributed by atoms with E-state index in [1.165, 1.54) is 0 Å². The van der Waals surface area contributed by atoms with Crippen molar-refractivity contribution in [3.05, 3.63) is 102 Å². The molecule has 7 heteroatoms. The second-order valence-corrected chi connectivity index (χ2v) is 10.1. The van der Waals surface area contributed by atoms with Crippen LogP contribution in [-0.4, -0.2) is 25.6 Å². The normalized spacial score (nSPS) is 17.2. The van der Waals surface area contributed by atoms with E-state index in [2.05, 4.69) is 10.6 Å². The summed E-state index contributed by atoms with van der Waals surface area (Å²) in [4.78, 5) is 21.9. The standard InChI is InChI=1S/C32H28N4O3/c33-18-21-9-11-22(12-10-21)19-36-30-16-15-25(39-20-24-14-13-23-5-1-4-8-28(23)34-24)17-29(30)35-31(36)26-6-2-3-7-27(26)32(37)38/h1,4-5,8-17,26-27H,2-3,6-7,19-20H2,(H,37,38)/t26-,27+/m1/s1. The molecule has 3 aromatic carbocycles. The van der Waals surface area contributed by atoms with Gasteiger partial charge in [0.2, 0.25) is 0 Å². The second kappa shape index (κ2) is 10.6. The fourth-order valence-electron chi connectivity index (χ4n) is 5.62. The largest absolute Gasteiger partial charge is 0.487 e. The van der Waals surface area contributed by atoms with Gasteiger partial charge in [0, 0.05) is 23.9 Å². The number of pyridine rings is 1. The Balaban J connectivity index is 1.33. The van der Waals surface area contributed by atoms with Gasteiger partial charge < -0.3 is 14.4 Å². The van der Waals surface area contributed by atoms with Crippen LogP contribution in [0.1, 0.15) is 54.2 Å². The Morgan fingerprint density at radius 3 is 2.62 bits per heavy atom. The molecule has 1 aliphatic carbocycles. The van der Waals surface area contributed by atoms with Crippen molar-refractivity contribution in [2.75, 3.05) is 0 Å². The van der Waals surface area contributed by atoms with Crippen molar-refractivity contribution in [3.63, 3.8) is 0 Å². The van der Waals surface area contributed by atoms with Crippen LogP contribution in [0.3, 0.4) is 0 Å². The van der Waals surface area contributed by atoms with Crippen LogP contribution in [0.15, 0.2) is 78.9 Å². The lowest BCUT2D eigenvalue weighted by molar-refractivity contribution is -0.143. The Labute approximate surface area is 226 Å². The third-order valence-electron chi connectivity index (χ3n) is 7.63. The number of benzene rings is 3. The molecular formula is C32H28N4O3. The summed E-state index contributed by atoms with van der Waals surface area (Å²) in [6, 6.07) is 27.5. The minimum absolute atomic E-state index is 0.159. The number of nitrogens with zero attached hydrogens (tertiary/aromatic N) is 4. The number of rotatable bonds is 7. The van der Waals surface area contributed by atoms with Crippen LogP contribution < -0.4 is 4.74 Å². The maximum absolute atomic E-state index is 12.2. The van der Waals surface area contributed by atoms with Crippen LogP contribution in [0.5, 0.6) is 5.75 Å². The Morgan fingerprint density at radius 1 is 0.974 bits per heavy atom. The van der Waals surface area contributed by atoms with Gasteiger partial charge >= 0.3 is 5.97 Å². The van der Waals surface area contributed by atoms with Crippen molar-refractivity contribution >= 4 is 27.9 Å². The van der Waals surface area contributed by atoms with Crippen LogP contribution >= 0.6 is 0 Å². The van der Waals surface area contributed by atoms with Crippen molar-refractivity contribution < 1.29 is 14.6 Å². The van der Waals surface area contributed by atoms with E-state index in [-0.39, 0.29) is 5.92 Å². The maximum Gasteiger partial charge on any atom is 0.307 e. The predicted molar refractivity (Wildman–Crippen MR) is 148 cm³/mol. The highest BCUT2D eigenvalue weighted by Crippen LogP contribution is 2.39.